The topological polar surface area (TPSA) is 67.6 Å². The molecule has 1 amide bonds. The highest BCUT2D eigenvalue weighted by Gasteiger charge is 2.19. The Bertz CT molecular complexity index is 481. The molecule has 110 valence electrons. The number of hydrogen-bond donors (Lipinski definition) is 2. The van der Waals surface area contributed by atoms with Crippen LogP contribution in [0.15, 0.2) is 18.2 Å². The molecule has 1 aromatic carbocycles. The van der Waals surface area contributed by atoms with Crippen molar-refractivity contribution in [3.63, 3.8) is 0 Å². The van der Waals surface area contributed by atoms with Crippen molar-refractivity contribution in [1.82, 2.24) is 4.90 Å². The van der Waals surface area contributed by atoms with Crippen LogP contribution in [0.5, 0.6) is 0 Å². The van der Waals surface area contributed by atoms with Gasteiger partial charge in [0.2, 0.25) is 5.91 Å². The number of nitrogens with one attached hydrogen (secondary N) is 1. The fraction of sp³-hybridized carbons (Fsp3) is 0.500. The first kappa shape index (κ1) is 15.1. The Morgan fingerprint density at radius 3 is 3.15 bits per heavy atom. The molecule has 1 atom stereocenters. The number of carbonyl (C=O) groups excluding carboxylic acids is 1. The van der Waals surface area contributed by atoms with E-state index in [2.05, 4.69) is 17.1 Å². The summed E-state index contributed by atoms with van der Waals surface area (Å²) in [5.41, 5.74) is 6.88. The van der Waals surface area contributed by atoms with Crippen molar-refractivity contribution in [2.45, 2.75) is 19.4 Å². The highest BCUT2D eigenvalue weighted by Crippen LogP contribution is 2.23. The summed E-state index contributed by atoms with van der Waals surface area (Å²) in [7, 11) is 0. The summed E-state index contributed by atoms with van der Waals surface area (Å²) >= 11 is 5.89. The van der Waals surface area contributed by atoms with Gasteiger partial charge in [-0.15, -0.1) is 0 Å². The van der Waals surface area contributed by atoms with Crippen molar-refractivity contribution in [2.24, 2.45) is 0 Å². The molecule has 1 saturated heterocycles. The van der Waals surface area contributed by atoms with Crippen LogP contribution in [0, 0.1) is 0 Å². The highest BCUT2D eigenvalue weighted by atomic mass is 35.5. The van der Waals surface area contributed by atoms with Gasteiger partial charge in [-0.05, 0) is 25.1 Å². The Morgan fingerprint density at radius 2 is 2.40 bits per heavy atom. The molecule has 0 bridgehead atoms. The average molecular weight is 298 g/mol. The number of rotatable bonds is 4. The second kappa shape index (κ2) is 6.92. The maximum absolute atomic E-state index is 12.0. The predicted octanol–water partition coefficient (Wildman–Crippen LogP) is 1.97. The molecule has 20 heavy (non-hydrogen) atoms. The fourth-order valence-corrected chi connectivity index (χ4v) is 2.36. The zero-order chi connectivity index (χ0) is 14.5. The van der Waals surface area contributed by atoms with E-state index in [9.17, 15) is 4.79 Å². The van der Waals surface area contributed by atoms with E-state index in [1.54, 1.807) is 18.2 Å². The molecule has 1 aromatic rings. The van der Waals surface area contributed by atoms with Gasteiger partial charge in [-0.3, -0.25) is 9.69 Å². The lowest BCUT2D eigenvalue weighted by atomic mass is 10.2. The van der Waals surface area contributed by atoms with Gasteiger partial charge in [-0.1, -0.05) is 11.6 Å². The summed E-state index contributed by atoms with van der Waals surface area (Å²) in [5.74, 6) is -0.0577. The normalized spacial score (nSPS) is 19.8. The lowest BCUT2D eigenvalue weighted by molar-refractivity contribution is -0.117. The third-order valence-corrected chi connectivity index (χ3v) is 3.66. The molecule has 1 unspecified atom stereocenters. The van der Waals surface area contributed by atoms with Crippen LogP contribution in [0.25, 0.3) is 0 Å². The van der Waals surface area contributed by atoms with Crippen molar-refractivity contribution < 1.29 is 9.53 Å². The van der Waals surface area contributed by atoms with Gasteiger partial charge < -0.3 is 15.8 Å². The molecule has 3 N–H and O–H groups in total. The van der Waals surface area contributed by atoms with Gasteiger partial charge in [0.25, 0.3) is 0 Å². The van der Waals surface area contributed by atoms with E-state index in [0.717, 1.165) is 26.3 Å². The van der Waals surface area contributed by atoms with Crippen molar-refractivity contribution in [2.75, 3.05) is 37.4 Å². The third kappa shape index (κ3) is 4.10. The van der Waals surface area contributed by atoms with Gasteiger partial charge in [0.05, 0.1) is 24.6 Å². The molecular formula is C14H20ClN3O2. The number of nitrogen functional groups attached to an aromatic ring is 1. The second-order valence-corrected chi connectivity index (χ2v) is 5.43. The Morgan fingerprint density at radius 1 is 1.60 bits per heavy atom. The molecule has 6 heteroatoms. The lowest BCUT2D eigenvalue weighted by Crippen LogP contribution is -2.44. The molecule has 1 fully saturated rings. The summed E-state index contributed by atoms with van der Waals surface area (Å²) < 4.78 is 5.37. The van der Waals surface area contributed by atoms with Crippen molar-refractivity contribution >= 4 is 28.9 Å². The number of carbonyl (C=O) groups is 1. The summed E-state index contributed by atoms with van der Waals surface area (Å²) in [6.45, 7) is 5.15. The monoisotopic (exact) mass is 297 g/mol. The molecule has 0 radical (unpaired) electrons. The van der Waals surface area contributed by atoms with E-state index in [0.29, 0.717) is 28.9 Å². The van der Waals surface area contributed by atoms with Crippen LogP contribution in [0.4, 0.5) is 11.4 Å². The predicted molar refractivity (Wildman–Crippen MR) is 81.0 cm³/mol. The van der Waals surface area contributed by atoms with Crippen LogP contribution >= 0.6 is 11.6 Å². The highest BCUT2D eigenvalue weighted by molar-refractivity contribution is 6.31. The molecule has 0 spiro atoms. The van der Waals surface area contributed by atoms with Crippen LogP contribution in [-0.2, 0) is 9.53 Å². The number of amides is 1. The summed E-state index contributed by atoms with van der Waals surface area (Å²) in [5, 5.41) is 3.35. The largest absolute Gasteiger partial charge is 0.397 e. The molecule has 0 aromatic heterocycles. The zero-order valence-corrected chi connectivity index (χ0v) is 12.3. The number of nitrogens with zero attached hydrogens (tertiary/aromatic N) is 1. The van der Waals surface area contributed by atoms with E-state index in [4.69, 9.17) is 22.1 Å². The minimum absolute atomic E-state index is 0.0577. The van der Waals surface area contributed by atoms with Gasteiger partial charge in [-0.2, -0.15) is 0 Å². The van der Waals surface area contributed by atoms with Crippen molar-refractivity contribution in [3.05, 3.63) is 23.2 Å². The second-order valence-electron chi connectivity index (χ2n) is 4.99. The first-order valence-electron chi connectivity index (χ1n) is 6.73. The van der Waals surface area contributed by atoms with E-state index in [1.807, 2.05) is 0 Å². The van der Waals surface area contributed by atoms with Crippen LogP contribution in [-0.4, -0.2) is 43.2 Å². The average Bonchev–Trinajstić information content (AvgIpc) is 2.42. The molecule has 5 nitrogen and oxygen atoms in total. The van der Waals surface area contributed by atoms with E-state index in [-0.39, 0.29) is 5.91 Å². The Labute approximate surface area is 124 Å². The van der Waals surface area contributed by atoms with Crippen molar-refractivity contribution in [3.8, 4) is 0 Å². The summed E-state index contributed by atoms with van der Waals surface area (Å²) in [6, 6.07) is 5.39. The number of morpholine rings is 1. The Hall–Kier alpha value is -1.30. The minimum Gasteiger partial charge on any atom is -0.397 e. The maximum Gasteiger partial charge on any atom is 0.225 e. The van der Waals surface area contributed by atoms with Crippen LogP contribution in [0.1, 0.15) is 13.3 Å². The Kier molecular flexibility index (Phi) is 5.23. The first-order valence-corrected chi connectivity index (χ1v) is 7.10. The standard InChI is InChI=1S/C14H20ClN3O2/c1-10-9-20-7-6-18(10)5-4-14(19)17-13-8-11(15)2-3-12(13)16/h2-3,8,10H,4-7,9,16H2,1H3,(H,17,19). The van der Waals surface area contributed by atoms with E-state index < -0.39 is 0 Å². The number of hydrogen-bond acceptors (Lipinski definition) is 4. The number of nitrogens with two attached hydrogens (primary N) is 1. The third-order valence-electron chi connectivity index (χ3n) is 3.42. The molecule has 1 aliphatic heterocycles. The number of benzene rings is 1. The van der Waals surface area contributed by atoms with Gasteiger partial charge in [0.15, 0.2) is 0 Å². The summed E-state index contributed by atoms with van der Waals surface area (Å²) in [6.07, 6.45) is 0.427. The van der Waals surface area contributed by atoms with E-state index >= 15 is 0 Å². The fourth-order valence-electron chi connectivity index (χ4n) is 2.19. The van der Waals surface area contributed by atoms with E-state index in [1.165, 1.54) is 0 Å². The number of halogens is 1. The zero-order valence-electron chi connectivity index (χ0n) is 11.6. The minimum atomic E-state index is -0.0577. The van der Waals surface area contributed by atoms with Gasteiger partial charge in [0, 0.05) is 30.6 Å². The maximum atomic E-state index is 12.0. The van der Waals surface area contributed by atoms with Crippen LogP contribution < -0.4 is 11.1 Å². The molecule has 0 saturated carbocycles. The quantitative estimate of drug-likeness (QED) is 0.834. The van der Waals surface area contributed by atoms with Gasteiger partial charge in [-0.25, -0.2) is 0 Å². The molecular weight excluding hydrogens is 278 g/mol. The molecule has 0 aliphatic carbocycles. The lowest BCUT2D eigenvalue weighted by Gasteiger charge is -2.32. The number of ether oxygens (including phenoxy) is 1. The first-order chi connectivity index (χ1) is 9.56. The SMILES string of the molecule is CC1COCCN1CCC(=O)Nc1cc(Cl)ccc1N. The smallest absolute Gasteiger partial charge is 0.225 e. The summed E-state index contributed by atoms with van der Waals surface area (Å²) in [4.78, 5) is 14.2. The van der Waals surface area contributed by atoms with Gasteiger partial charge in [0.1, 0.15) is 0 Å². The molecule has 2 rings (SSSR count). The number of anilines is 2. The molecule has 1 heterocycles. The van der Waals surface area contributed by atoms with Crippen LogP contribution in [0.2, 0.25) is 5.02 Å². The molecule has 1 aliphatic rings. The Balaban J connectivity index is 1.84. The van der Waals surface area contributed by atoms with Crippen LogP contribution in [0.3, 0.4) is 0 Å². The van der Waals surface area contributed by atoms with Crippen molar-refractivity contribution in [1.29, 1.82) is 0 Å². The van der Waals surface area contributed by atoms with Gasteiger partial charge >= 0.3 is 0 Å².